The summed E-state index contributed by atoms with van der Waals surface area (Å²) >= 11 is 5.39. The van der Waals surface area contributed by atoms with Crippen molar-refractivity contribution in [2.45, 2.75) is 19.9 Å². The summed E-state index contributed by atoms with van der Waals surface area (Å²) in [6, 6.07) is 13.1. The minimum Gasteiger partial charge on any atom is -0.497 e. The summed E-state index contributed by atoms with van der Waals surface area (Å²) in [5.74, 6) is 0.431. The van der Waals surface area contributed by atoms with Crippen molar-refractivity contribution in [3.63, 3.8) is 0 Å². The monoisotopic (exact) mass is 358 g/mol. The smallest absolute Gasteiger partial charge is 0.337 e. The second-order valence-corrected chi connectivity index (χ2v) is 6.02. The quantitative estimate of drug-likeness (QED) is 0.626. The van der Waals surface area contributed by atoms with Gasteiger partial charge < -0.3 is 20.1 Å². The molecule has 0 saturated carbocycles. The number of esters is 1. The largest absolute Gasteiger partial charge is 0.497 e. The number of rotatable bonds is 5. The van der Waals surface area contributed by atoms with Crippen LogP contribution < -0.4 is 15.4 Å². The number of hydrogen-bond acceptors (Lipinski definition) is 4. The Hall–Kier alpha value is -2.60. The molecule has 0 heterocycles. The molecule has 0 aromatic heterocycles. The third-order valence-corrected chi connectivity index (χ3v) is 4.09. The Morgan fingerprint density at radius 3 is 2.40 bits per heavy atom. The third kappa shape index (κ3) is 4.93. The van der Waals surface area contributed by atoms with Gasteiger partial charge in [-0.1, -0.05) is 18.2 Å². The molecule has 1 atom stereocenters. The summed E-state index contributed by atoms with van der Waals surface area (Å²) in [7, 11) is 3.00. The molecule has 0 spiro atoms. The van der Waals surface area contributed by atoms with Crippen molar-refractivity contribution in [3.05, 3.63) is 59.2 Å². The molecular formula is C19H22N2O3S. The van der Waals surface area contributed by atoms with Crippen LogP contribution in [0.1, 0.15) is 34.5 Å². The van der Waals surface area contributed by atoms with E-state index in [0.717, 1.165) is 22.6 Å². The highest BCUT2D eigenvalue weighted by molar-refractivity contribution is 7.80. The first-order chi connectivity index (χ1) is 11.9. The van der Waals surface area contributed by atoms with E-state index in [9.17, 15) is 4.79 Å². The molecule has 0 aliphatic rings. The highest BCUT2D eigenvalue weighted by Crippen LogP contribution is 2.19. The van der Waals surface area contributed by atoms with E-state index in [1.807, 2.05) is 44.2 Å². The van der Waals surface area contributed by atoms with Crippen LogP contribution in [0.5, 0.6) is 5.75 Å². The summed E-state index contributed by atoms with van der Waals surface area (Å²) < 4.78 is 9.92. The van der Waals surface area contributed by atoms with E-state index in [2.05, 4.69) is 10.6 Å². The highest BCUT2D eigenvalue weighted by Gasteiger charge is 2.11. The van der Waals surface area contributed by atoms with Gasteiger partial charge in [0, 0.05) is 5.69 Å². The van der Waals surface area contributed by atoms with Gasteiger partial charge in [-0.3, -0.25) is 0 Å². The fraction of sp³-hybridized carbons (Fsp3) is 0.263. The molecule has 5 nitrogen and oxygen atoms in total. The first-order valence-electron chi connectivity index (χ1n) is 7.85. The van der Waals surface area contributed by atoms with Crippen LogP contribution in [0.3, 0.4) is 0 Å². The van der Waals surface area contributed by atoms with E-state index < -0.39 is 0 Å². The van der Waals surface area contributed by atoms with Crippen LogP contribution in [0, 0.1) is 6.92 Å². The van der Waals surface area contributed by atoms with Crippen molar-refractivity contribution in [2.75, 3.05) is 19.5 Å². The number of nitrogens with one attached hydrogen (secondary N) is 2. The van der Waals surface area contributed by atoms with Gasteiger partial charge >= 0.3 is 5.97 Å². The predicted octanol–water partition coefficient (Wildman–Crippen LogP) is 3.84. The van der Waals surface area contributed by atoms with E-state index in [-0.39, 0.29) is 12.0 Å². The molecule has 0 saturated heterocycles. The lowest BCUT2D eigenvalue weighted by molar-refractivity contribution is 0.0601. The molecule has 1 unspecified atom stereocenters. The Morgan fingerprint density at radius 1 is 1.12 bits per heavy atom. The molecule has 0 aliphatic heterocycles. The Kier molecular flexibility index (Phi) is 6.36. The van der Waals surface area contributed by atoms with E-state index in [0.29, 0.717) is 10.7 Å². The normalized spacial score (nSPS) is 11.4. The molecule has 0 aliphatic carbocycles. The molecule has 2 aromatic rings. The molecule has 2 aromatic carbocycles. The molecule has 0 fully saturated rings. The summed E-state index contributed by atoms with van der Waals surface area (Å²) in [4.78, 5) is 11.7. The maximum atomic E-state index is 11.7. The van der Waals surface area contributed by atoms with Crippen molar-refractivity contribution < 1.29 is 14.3 Å². The van der Waals surface area contributed by atoms with Gasteiger partial charge in [-0.15, -0.1) is 0 Å². The summed E-state index contributed by atoms with van der Waals surface area (Å²) in [6.45, 7) is 3.96. The molecular weight excluding hydrogens is 336 g/mol. The molecule has 25 heavy (non-hydrogen) atoms. The van der Waals surface area contributed by atoms with Crippen molar-refractivity contribution in [3.8, 4) is 5.75 Å². The number of benzene rings is 2. The van der Waals surface area contributed by atoms with E-state index in [1.54, 1.807) is 19.2 Å². The first kappa shape index (κ1) is 18.7. The molecule has 0 bridgehead atoms. The molecule has 2 rings (SSSR count). The fourth-order valence-corrected chi connectivity index (χ4v) is 2.62. The van der Waals surface area contributed by atoms with Gasteiger partial charge in [-0.05, 0) is 61.5 Å². The van der Waals surface area contributed by atoms with Gasteiger partial charge in [0.25, 0.3) is 0 Å². The van der Waals surface area contributed by atoms with E-state index in [1.165, 1.54) is 7.11 Å². The number of ether oxygens (including phenoxy) is 2. The van der Waals surface area contributed by atoms with Crippen molar-refractivity contribution in [2.24, 2.45) is 0 Å². The van der Waals surface area contributed by atoms with E-state index >= 15 is 0 Å². The van der Waals surface area contributed by atoms with Gasteiger partial charge in [0.2, 0.25) is 0 Å². The molecule has 2 N–H and O–H groups in total. The molecule has 132 valence electrons. The molecule has 6 heteroatoms. The van der Waals surface area contributed by atoms with Gasteiger partial charge in [0.1, 0.15) is 5.75 Å². The van der Waals surface area contributed by atoms with Crippen LogP contribution in [0.25, 0.3) is 0 Å². The van der Waals surface area contributed by atoms with Crippen molar-refractivity contribution in [1.29, 1.82) is 0 Å². The van der Waals surface area contributed by atoms with Crippen LogP contribution in [0.4, 0.5) is 5.69 Å². The van der Waals surface area contributed by atoms with Crippen molar-refractivity contribution >= 4 is 29.0 Å². The molecule has 0 radical (unpaired) electrons. The minimum absolute atomic E-state index is 0.0231. The summed E-state index contributed by atoms with van der Waals surface area (Å²) in [6.07, 6.45) is 0. The number of carbonyl (C=O) groups is 1. The SMILES string of the molecule is COC(=O)c1ccc(C)c(NC(=S)NC(C)c2ccc(OC)cc2)c1. The van der Waals surface area contributed by atoms with Gasteiger partial charge in [-0.2, -0.15) is 0 Å². The number of hydrogen-bond donors (Lipinski definition) is 2. The number of anilines is 1. The number of carbonyl (C=O) groups excluding carboxylic acids is 1. The second-order valence-electron chi connectivity index (χ2n) is 5.61. The van der Waals surface area contributed by atoms with Crippen LogP contribution in [0.2, 0.25) is 0 Å². The van der Waals surface area contributed by atoms with Crippen molar-refractivity contribution in [1.82, 2.24) is 5.32 Å². The Morgan fingerprint density at radius 2 is 1.80 bits per heavy atom. The van der Waals surface area contributed by atoms with Gasteiger partial charge in [0.15, 0.2) is 5.11 Å². The Balaban J connectivity index is 2.05. The zero-order valence-electron chi connectivity index (χ0n) is 14.8. The zero-order valence-corrected chi connectivity index (χ0v) is 15.6. The average Bonchev–Trinajstić information content (AvgIpc) is 2.62. The Bertz CT molecular complexity index is 760. The standard InChI is InChI=1S/C19H22N2O3S/c1-12-5-6-15(18(22)24-4)11-17(12)21-19(25)20-13(2)14-7-9-16(23-3)10-8-14/h5-11,13H,1-4H3,(H2,20,21,25). The molecule has 0 amide bonds. The van der Waals surface area contributed by atoms with E-state index in [4.69, 9.17) is 21.7 Å². The van der Waals surface area contributed by atoms with Crippen LogP contribution in [-0.2, 0) is 4.74 Å². The number of methoxy groups -OCH3 is 2. The lowest BCUT2D eigenvalue weighted by Gasteiger charge is -2.19. The maximum Gasteiger partial charge on any atom is 0.337 e. The summed E-state index contributed by atoms with van der Waals surface area (Å²) in [5.41, 5.74) is 3.31. The summed E-state index contributed by atoms with van der Waals surface area (Å²) in [5, 5.41) is 6.86. The third-order valence-electron chi connectivity index (χ3n) is 3.87. The number of thiocarbonyl (C=S) groups is 1. The topological polar surface area (TPSA) is 59.6 Å². The fourth-order valence-electron chi connectivity index (χ4n) is 2.33. The lowest BCUT2D eigenvalue weighted by Crippen LogP contribution is -2.31. The lowest BCUT2D eigenvalue weighted by atomic mass is 10.1. The predicted molar refractivity (Wildman–Crippen MR) is 103 cm³/mol. The average molecular weight is 358 g/mol. The maximum absolute atomic E-state index is 11.7. The Labute approximate surface area is 153 Å². The second kappa shape index (κ2) is 8.48. The zero-order chi connectivity index (χ0) is 18.4. The van der Waals surface area contributed by atoms with Crippen LogP contribution in [0.15, 0.2) is 42.5 Å². The highest BCUT2D eigenvalue weighted by atomic mass is 32.1. The van der Waals surface area contributed by atoms with Gasteiger partial charge in [0.05, 0.1) is 25.8 Å². The minimum atomic E-state index is -0.381. The number of aryl methyl sites for hydroxylation is 1. The van der Waals surface area contributed by atoms with Crippen LogP contribution in [-0.4, -0.2) is 25.3 Å². The first-order valence-corrected chi connectivity index (χ1v) is 8.26. The van der Waals surface area contributed by atoms with Crippen LogP contribution >= 0.6 is 12.2 Å². The van der Waals surface area contributed by atoms with Gasteiger partial charge in [-0.25, -0.2) is 4.79 Å².